The number of halogens is 1. The van der Waals surface area contributed by atoms with Crippen molar-refractivity contribution in [2.75, 3.05) is 17.3 Å². The molecular weight excluding hydrogens is 359 g/mol. The van der Waals surface area contributed by atoms with Crippen LogP contribution in [0.3, 0.4) is 0 Å². The molecule has 2 aromatic carbocycles. The largest absolute Gasteiger partial charge is 0.489 e. The lowest BCUT2D eigenvalue weighted by Crippen LogP contribution is -2.37. The first-order valence-electron chi connectivity index (χ1n) is 7.94. The lowest BCUT2D eigenvalue weighted by molar-refractivity contribution is -0.117. The van der Waals surface area contributed by atoms with Crippen molar-refractivity contribution < 1.29 is 22.3 Å². The van der Waals surface area contributed by atoms with E-state index in [1.54, 1.807) is 36.4 Å². The second-order valence-corrected chi connectivity index (χ2v) is 8.22. The predicted octanol–water partition coefficient (Wildman–Crippen LogP) is 2.11. The van der Waals surface area contributed by atoms with E-state index in [9.17, 15) is 17.6 Å². The zero-order valence-corrected chi connectivity index (χ0v) is 15.1. The third-order valence-electron chi connectivity index (χ3n) is 3.53. The quantitative estimate of drug-likeness (QED) is 0.731. The predicted molar refractivity (Wildman–Crippen MR) is 98.1 cm³/mol. The van der Waals surface area contributed by atoms with Gasteiger partial charge in [-0.3, -0.25) is 4.79 Å². The summed E-state index contributed by atoms with van der Waals surface area (Å²) in [6, 6.07) is 11.8. The van der Waals surface area contributed by atoms with Crippen LogP contribution in [-0.2, 0) is 21.2 Å². The van der Waals surface area contributed by atoms with Crippen LogP contribution in [0.1, 0.15) is 12.0 Å². The van der Waals surface area contributed by atoms with Crippen molar-refractivity contribution in [1.82, 2.24) is 0 Å². The van der Waals surface area contributed by atoms with E-state index >= 15 is 0 Å². The van der Waals surface area contributed by atoms with E-state index in [0.717, 1.165) is 6.26 Å². The fourth-order valence-corrected chi connectivity index (χ4v) is 2.85. The van der Waals surface area contributed by atoms with Gasteiger partial charge in [-0.2, -0.15) is 0 Å². The third-order valence-corrected chi connectivity index (χ3v) is 4.51. The smallest absolute Gasteiger partial charge is 0.241 e. The monoisotopic (exact) mass is 380 g/mol. The van der Waals surface area contributed by atoms with Crippen LogP contribution in [0.15, 0.2) is 48.5 Å². The zero-order chi connectivity index (χ0) is 19.2. The van der Waals surface area contributed by atoms with Gasteiger partial charge in [-0.1, -0.05) is 18.2 Å². The lowest BCUT2D eigenvalue weighted by atomic mass is 10.2. The van der Waals surface area contributed by atoms with Crippen LogP contribution in [0.25, 0.3) is 0 Å². The number of hydrogen-bond donors (Lipinski definition) is 2. The van der Waals surface area contributed by atoms with E-state index in [-0.39, 0.29) is 24.6 Å². The molecule has 1 amide bonds. The van der Waals surface area contributed by atoms with Crippen LogP contribution < -0.4 is 15.8 Å². The summed E-state index contributed by atoms with van der Waals surface area (Å²) in [7, 11) is -3.18. The molecule has 0 saturated carbocycles. The van der Waals surface area contributed by atoms with E-state index in [1.165, 1.54) is 12.1 Å². The summed E-state index contributed by atoms with van der Waals surface area (Å²) in [5, 5.41) is 2.63. The van der Waals surface area contributed by atoms with Crippen LogP contribution in [0.5, 0.6) is 5.75 Å². The number of amides is 1. The number of rotatable bonds is 8. The van der Waals surface area contributed by atoms with E-state index < -0.39 is 21.8 Å². The van der Waals surface area contributed by atoms with Crippen molar-refractivity contribution in [1.29, 1.82) is 0 Å². The van der Waals surface area contributed by atoms with Crippen molar-refractivity contribution >= 4 is 21.4 Å². The van der Waals surface area contributed by atoms with Gasteiger partial charge in [0.1, 0.15) is 28.0 Å². The molecule has 0 radical (unpaired) electrons. The molecule has 0 aliphatic carbocycles. The number of nitrogens with one attached hydrogen (secondary N) is 1. The second kappa shape index (κ2) is 8.77. The maximum Gasteiger partial charge on any atom is 0.241 e. The Bertz CT molecular complexity index is 871. The first-order valence-corrected chi connectivity index (χ1v) is 10.0. The van der Waals surface area contributed by atoms with Crippen molar-refractivity contribution in [3.63, 3.8) is 0 Å². The highest BCUT2D eigenvalue weighted by Crippen LogP contribution is 2.19. The van der Waals surface area contributed by atoms with Gasteiger partial charge in [0.05, 0.1) is 11.8 Å². The molecule has 6 nitrogen and oxygen atoms in total. The minimum absolute atomic E-state index is 0.0421. The van der Waals surface area contributed by atoms with Crippen LogP contribution in [-0.4, -0.2) is 32.4 Å². The molecule has 1 atom stereocenters. The molecule has 3 N–H and O–H groups in total. The lowest BCUT2D eigenvalue weighted by Gasteiger charge is -2.13. The normalized spacial score (nSPS) is 12.4. The maximum absolute atomic E-state index is 13.2. The van der Waals surface area contributed by atoms with E-state index in [2.05, 4.69) is 5.32 Å². The number of benzene rings is 2. The second-order valence-electron chi connectivity index (χ2n) is 5.96. The first kappa shape index (κ1) is 19.9. The summed E-state index contributed by atoms with van der Waals surface area (Å²) < 4.78 is 41.0. The highest BCUT2D eigenvalue weighted by Gasteiger charge is 2.16. The Balaban J connectivity index is 1.92. The molecule has 2 aromatic rings. The Morgan fingerprint density at radius 3 is 2.65 bits per heavy atom. The molecule has 8 heteroatoms. The molecule has 0 saturated heterocycles. The minimum Gasteiger partial charge on any atom is -0.489 e. The molecule has 0 aromatic heterocycles. The molecule has 0 heterocycles. The minimum atomic E-state index is -3.18. The number of carbonyl (C=O) groups is 1. The van der Waals surface area contributed by atoms with E-state index in [1.807, 2.05) is 0 Å². The molecular formula is C18H21FN2O4S. The summed E-state index contributed by atoms with van der Waals surface area (Å²) >= 11 is 0. The number of nitrogens with two attached hydrogens (primary N) is 1. The van der Waals surface area contributed by atoms with Gasteiger partial charge in [-0.25, -0.2) is 12.8 Å². The van der Waals surface area contributed by atoms with Crippen molar-refractivity contribution in [2.24, 2.45) is 5.73 Å². The summed E-state index contributed by atoms with van der Waals surface area (Å²) in [6.07, 6.45) is 1.14. The van der Waals surface area contributed by atoms with Crippen LogP contribution in [0, 0.1) is 5.82 Å². The van der Waals surface area contributed by atoms with Crippen LogP contribution in [0.4, 0.5) is 10.1 Å². The molecule has 140 valence electrons. The van der Waals surface area contributed by atoms with Gasteiger partial charge in [0.2, 0.25) is 5.91 Å². The van der Waals surface area contributed by atoms with Gasteiger partial charge >= 0.3 is 0 Å². The fraction of sp³-hybridized carbons (Fsp3) is 0.278. The topological polar surface area (TPSA) is 98.5 Å². The summed E-state index contributed by atoms with van der Waals surface area (Å²) in [5.74, 6) is -0.471. The average Bonchev–Trinajstić information content (AvgIpc) is 2.57. The number of anilines is 1. The van der Waals surface area contributed by atoms with Crippen molar-refractivity contribution in [2.45, 2.75) is 19.1 Å². The standard InChI is InChI=1S/C18H21FN2O4S/c1-26(23,24)9-8-17(20)18(22)21-15-6-3-7-16(11-15)25-12-13-4-2-5-14(19)10-13/h2-7,10-11,17H,8-9,12,20H2,1H3,(H,21,22). The third kappa shape index (κ3) is 6.81. The van der Waals surface area contributed by atoms with Crippen LogP contribution in [0.2, 0.25) is 0 Å². The fourth-order valence-electron chi connectivity index (χ4n) is 2.16. The van der Waals surface area contributed by atoms with Gasteiger partial charge < -0.3 is 15.8 Å². The highest BCUT2D eigenvalue weighted by molar-refractivity contribution is 7.90. The SMILES string of the molecule is CS(=O)(=O)CCC(N)C(=O)Nc1cccc(OCc2cccc(F)c2)c1. The first-order chi connectivity index (χ1) is 12.2. The molecule has 0 bridgehead atoms. The summed E-state index contributed by atoms with van der Waals surface area (Å²) in [5.41, 5.74) is 6.87. The Morgan fingerprint density at radius 2 is 1.96 bits per heavy atom. The Hall–Kier alpha value is -2.45. The molecule has 0 aliphatic heterocycles. The van der Waals surface area contributed by atoms with Gasteiger partial charge in [0, 0.05) is 18.0 Å². The zero-order valence-electron chi connectivity index (χ0n) is 14.3. The molecule has 0 aliphatic rings. The van der Waals surface area contributed by atoms with Gasteiger partial charge in [-0.05, 0) is 36.2 Å². The summed E-state index contributed by atoms with van der Waals surface area (Å²) in [6.45, 7) is 0.184. The molecule has 0 spiro atoms. The van der Waals surface area contributed by atoms with Gasteiger partial charge in [-0.15, -0.1) is 0 Å². The van der Waals surface area contributed by atoms with Crippen molar-refractivity contribution in [3.05, 3.63) is 59.9 Å². The Kier molecular flexibility index (Phi) is 6.70. The maximum atomic E-state index is 13.2. The molecule has 26 heavy (non-hydrogen) atoms. The molecule has 2 rings (SSSR count). The number of hydrogen-bond acceptors (Lipinski definition) is 5. The number of carbonyl (C=O) groups excluding carboxylic acids is 1. The van der Waals surface area contributed by atoms with E-state index in [4.69, 9.17) is 10.5 Å². The molecule has 0 fully saturated rings. The van der Waals surface area contributed by atoms with Gasteiger partial charge in [0.15, 0.2) is 0 Å². The Morgan fingerprint density at radius 1 is 1.23 bits per heavy atom. The number of ether oxygens (including phenoxy) is 1. The summed E-state index contributed by atoms with van der Waals surface area (Å²) in [4.78, 5) is 12.0. The van der Waals surface area contributed by atoms with E-state index in [0.29, 0.717) is 17.0 Å². The van der Waals surface area contributed by atoms with Gasteiger partial charge in [0.25, 0.3) is 0 Å². The Labute approximate surface area is 152 Å². The average molecular weight is 380 g/mol. The highest BCUT2D eigenvalue weighted by atomic mass is 32.2. The molecule has 1 unspecified atom stereocenters. The van der Waals surface area contributed by atoms with Crippen molar-refractivity contribution in [3.8, 4) is 5.75 Å². The van der Waals surface area contributed by atoms with Crippen LogP contribution >= 0.6 is 0 Å². The number of sulfone groups is 1.